The van der Waals surface area contributed by atoms with Gasteiger partial charge in [0, 0.05) is 25.0 Å². The van der Waals surface area contributed by atoms with Gasteiger partial charge in [0.05, 0.1) is 5.92 Å². The Bertz CT molecular complexity index is 519. The SMILES string of the molecule is O=C(NCC(CCO)c1ccccc1)C1CCCCC1C(F)(F)F. The summed E-state index contributed by atoms with van der Waals surface area (Å²) in [6.45, 7) is 0.203. The highest BCUT2D eigenvalue weighted by Gasteiger charge is 2.47. The van der Waals surface area contributed by atoms with E-state index in [2.05, 4.69) is 5.32 Å². The van der Waals surface area contributed by atoms with Gasteiger partial charge in [0.1, 0.15) is 0 Å². The molecular weight excluding hydrogens is 319 g/mol. The lowest BCUT2D eigenvalue weighted by Gasteiger charge is -2.32. The van der Waals surface area contributed by atoms with Gasteiger partial charge in [-0.15, -0.1) is 0 Å². The van der Waals surface area contributed by atoms with Crippen molar-refractivity contribution in [1.82, 2.24) is 5.32 Å². The van der Waals surface area contributed by atoms with E-state index in [4.69, 9.17) is 0 Å². The standard InChI is InChI=1S/C18H24F3NO2/c19-18(20,21)16-9-5-4-8-15(16)17(24)22-12-14(10-11-23)13-6-2-1-3-7-13/h1-3,6-7,14-16,23H,4-5,8-12H2,(H,22,24). The first kappa shape index (κ1) is 18.8. The molecule has 0 aromatic heterocycles. The molecule has 134 valence electrons. The van der Waals surface area contributed by atoms with Gasteiger partial charge in [-0.3, -0.25) is 4.79 Å². The highest BCUT2D eigenvalue weighted by Crippen LogP contribution is 2.41. The maximum atomic E-state index is 13.1. The molecule has 2 N–H and O–H groups in total. The molecule has 3 unspecified atom stereocenters. The van der Waals surface area contributed by atoms with E-state index in [0.717, 1.165) is 5.56 Å². The smallest absolute Gasteiger partial charge is 0.392 e. The van der Waals surface area contributed by atoms with Crippen LogP contribution < -0.4 is 5.32 Å². The molecule has 3 nitrogen and oxygen atoms in total. The number of aliphatic hydroxyl groups is 1. The van der Waals surface area contributed by atoms with Crippen LogP contribution in [0.3, 0.4) is 0 Å². The third-order valence-electron chi connectivity index (χ3n) is 4.79. The molecule has 0 spiro atoms. The first-order valence-corrected chi connectivity index (χ1v) is 8.43. The Balaban J connectivity index is 1.99. The molecule has 0 radical (unpaired) electrons. The molecule has 1 fully saturated rings. The van der Waals surface area contributed by atoms with E-state index >= 15 is 0 Å². The summed E-state index contributed by atoms with van der Waals surface area (Å²) >= 11 is 0. The number of alkyl halides is 3. The topological polar surface area (TPSA) is 49.3 Å². The van der Waals surface area contributed by atoms with E-state index in [0.29, 0.717) is 19.3 Å². The minimum atomic E-state index is -4.33. The van der Waals surface area contributed by atoms with Crippen LogP contribution in [0.15, 0.2) is 30.3 Å². The van der Waals surface area contributed by atoms with Crippen LogP contribution in [0.4, 0.5) is 13.2 Å². The highest BCUT2D eigenvalue weighted by atomic mass is 19.4. The quantitative estimate of drug-likeness (QED) is 0.828. The fourth-order valence-electron chi connectivity index (χ4n) is 3.46. The van der Waals surface area contributed by atoms with E-state index in [9.17, 15) is 23.1 Å². The number of carbonyl (C=O) groups excluding carboxylic acids is 1. The summed E-state index contributed by atoms with van der Waals surface area (Å²) in [4.78, 5) is 12.3. The van der Waals surface area contributed by atoms with Gasteiger partial charge in [-0.25, -0.2) is 0 Å². The number of aliphatic hydroxyl groups excluding tert-OH is 1. The van der Waals surface area contributed by atoms with E-state index in [1.54, 1.807) is 0 Å². The lowest BCUT2D eigenvalue weighted by molar-refractivity contribution is -0.198. The molecule has 0 saturated heterocycles. The molecule has 1 aromatic rings. The van der Waals surface area contributed by atoms with Gasteiger partial charge in [-0.05, 0) is 24.8 Å². The molecule has 6 heteroatoms. The fourth-order valence-corrected chi connectivity index (χ4v) is 3.46. The van der Waals surface area contributed by atoms with Crippen molar-refractivity contribution in [2.45, 2.75) is 44.2 Å². The van der Waals surface area contributed by atoms with E-state index in [1.165, 1.54) is 0 Å². The Labute approximate surface area is 140 Å². The normalized spacial score (nSPS) is 22.8. The van der Waals surface area contributed by atoms with Crippen molar-refractivity contribution in [3.05, 3.63) is 35.9 Å². The van der Waals surface area contributed by atoms with E-state index in [1.807, 2.05) is 30.3 Å². The molecule has 24 heavy (non-hydrogen) atoms. The number of amides is 1. The van der Waals surface area contributed by atoms with Gasteiger partial charge in [0.15, 0.2) is 0 Å². The Morgan fingerprint density at radius 2 is 1.88 bits per heavy atom. The predicted octanol–water partition coefficient (Wildman–Crippen LogP) is 3.64. The first-order chi connectivity index (χ1) is 11.4. The van der Waals surface area contributed by atoms with Crippen molar-refractivity contribution in [2.24, 2.45) is 11.8 Å². The summed E-state index contributed by atoms with van der Waals surface area (Å²) in [5.74, 6) is -3.16. The van der Waals surface area contributed by atoms with Crippen molar-refractivity contribution in [3.8, 4) is 0 Å². The molecule has 2 rings (SSSR count). The van der Waals surface area contributed by atoms with Crippen LogP contribution in [0, 0.1) is 11.8 Å². The number of hydrogen-bond donors (Lipinski definition) is 2. The second-order valence-corrected chi connectivity index (χ2v) is 6.40. The Kier molecular flexibility index (Phi) is 6.66. The van der Waals surface area contributed by atoms with Gasteiger partial charge < -0.3 is 10.4 Å². The Morgan fingerprint density at radius 3 is 2.50 bits per heavy atom. The molecule has 1 saturated carbocycles. The van der Waals surface area contributed by atoms with Gasteiger partial charge in [0.25, 0.3) is 0 Å². The van der Waals surface area contributed by atoms with Crippen LogP contribution >= 0.6 is 0 Å². The number of carbonyl (C=O) groups is 1. The molecule has 0 bridgehead atoms. The second-order valence-electron chi connectivity index (χ2n) is 6.40. The molecule has 1 amide bonds. The first-order valence-electron chi connectivity index (χ1n) is 8.43. The molecule has 1 aliphatic carbocycles. The molecule has 0 aliphatic heterocycles. The van der Waals surface area contributed by atoms with Crippen LogP contribution in [-0.4, -0.2) is 30.3 Å². The number of nitrogens with one attached hydrogen (secondary N) is 1. The summed E-state index contributed by atoms with van der Waals surface area (Å²) in [6.07, 6.45) is -2.38. The zero-order valence-corrected chi connectivity index (χ0v) is 13.6. The second kappa shape index (κ2) is 8.51. The lowest BCUT2D eigenvalue weighted by atomic mass is 9.78. The van der Waals surface area contributed by atoms with Crippen LogP contribution in [0.5, 0.6) is 0 Å². The summed E-state index contributed by atoms with van der Waals surface area (Å²) in [5.41, 5.74) is 0.961. The third-order valence-corrected chi connectivity index (χ3v) is 4.79. The largest absolute Gasteiger partial charge is 0.396 e. The third kappa shape index (κ3) is 4.97. The molecule has 1 aromatic carbocycles. The highest BCUT2D eigenvalue weighted by molar-refractivity contribution is 5.79. The summed E-state index contributed by atoms with van der Waals surface area (Å²) in [7, 11) is 0. The van der Waals surface area contributed by atoms with Crippen LogP contribution in [0.1, 0.15) is 43.6 Å². The van der Waals surface area contributed by atoms with Crippen molar-refractivity contribution < 1.29 is 23.1 Å². The summed E-state index contributed by atoms with van der Waals surface area (Å²) < 4.78 is 39.4. The van der Waals surface area contributed by atoms with Crippen molar-refractivity contribution in [2.75, 3.05) is 13.2 Å². The lowest BCUT2D eigenvalue weighted by Crippen LogP contribution is -2.43. The fraction of sp³-hybridized carbons (Fsp3) is 0.611. The van der Waals surface area contributed by atoms with Crippen molar-refractivity contribution in [3.63, 3.8) is 0 Å². The van der Waals surface area contributed by atoms with Gasteiger partial charge in [-0.1, -0.05) is 43.2 Å². The summed E-state index contributed by atoms with van der Waals surface area (Å²) in [6, 6.07) is 9.38. The van der Waals surface area contributed by atoms with E-state index in [-0.39, 0.29) is 31.9 Å². The monoisotopic (exact) mass is 343 g/mol. The predicted molar refractivity (Wildman–Crippen MR) is 85.4 cm³/mol. The average molecular weight is 343 g/mol. The number of rotatable bonds is 6. The van der Waals surface area contributed by atoms with Crippen LogP contribution in [0.2, 0.25) is 0 Å². The maximum Gasteiger partial charge on any atom is 0.392 e. The van der Waals surface area contributed by atoms with Gasteiger partial charge >= 0.3 is 6.18 Å². The molecular formula is C18H24F3NO2. The summed E-state index contributed by atoms with van der Waals surface area (Å²) in [5, 5.41) is 11.9. The van der Waals surface area contributed by atoms with Crippen LogP contribution in [0.25, 0.3) is 0 Å². The van der Waals surface area contributed by atoms with Crippen molar-refractivity contribution in [1.29, 1.82) is 0 Å². The zero-order chi connectivity index (χ0) is 17.6. The number of halogens is 3. The maximum absolute atomic E-state index is 13.1. The zero-order valence-electron chi connectivity index (χ0n) is 13.6. The number of benzene rings is 1. The molecule has 1 aliphatic rings. The number of hydrogen-bond acceptors (Lipinski definition) is 2. The minimum Gasteiger partial charge on any atom is -0.396 e. The van der Waals surface area contributed by atoms with Gasteiger partial charge in [0.2, 0.25) is 5.91 Å². The molecule has 3 atom stereocenters. The molecule has 0 heterocycles. The van der Waals surface area contributed by atoms with Gasteiger partial charge in [-0.2, -0.15) is 13.2 Å². The van der Waals surface area contributed by atoms with E-state index < -0.39 is 23.9 Å². The Hall–Kier alpha value is -1.56. The average Bonchev–Trinajstić information content (AvgIpc) is 2.58. The minimum absolute atomic E-state index is 0.0281. The van der Waals surface area contributed by atoms with Crippen molar-refractivity contribution >= 4 is 5.91 Å². The Morgan fingerprint density at radius 1 is 1.21 bits per heavy atom. The van der Waals surface area contributed by atoms with Crippen LogP contribution in [-0.2, 0) is 4.79 Å².